The van der Waals surface area contributed by atoms with Crippen molar-refractivity contribution in [1.29, 1.82) is 0 Å². The fraction of sp³-hybridized carbons (Fsp3) is 0.562. The lowest BCUT2D eigenvalue weighted by Crippen LogP contribution is -2.40. The van der Waals surface area contributed by atoms with Crippen LogP contribution in [0.5, 0.6) is 5.75 Å². The van der Waals surface area contributed by atoms with Crippen molar-refractivity contribution in [3.05, 3.63) is 18.2 Å². The Hall–Kier alpha value is -1.60. The van der Waals surface area contributed by atoms with Crippen molar-refractivity contribution < 1.29 is 17.9 Å². The van der Waals surface area contributed by atoms with Crippen molar-refractivity contribution in [3.8, 4) is 5.75 Å². The molecule has 1 aromatic rings. The molecule has 0 bridgehead atoms. The molecule has 1 atom stereocenters. The average Bonchev–Trinajstić information content (AvgIpc) is 2.54. The molecule has 0 spiro atoms. The van der Waals surface area contributed by atoms with Gasteiger partial charge >= 0.3 is 0 Å². The number of hydrogen-bond donors (Lipinski definition) is 0. The van der Waals surface area contributed by atoms with E-state index in [1.54, 1.807) is 27.4 Å². The summed E-state index contributed by atoms with van der Waals surface area (Å²) in [6.45, 7) is 5.51. The number of piperidine rings is 1. The molecule has 0 unspecified atom stereocenters. The lowest BCUT2D eigenvalue weighted by molar-refractivity contribution is -0.121. The summed E-state index contributed by atoms with van der Waals surface area (Å²) in [6.07, 6.45) is 1.94. The summed E-state index contributed by atoms with van der Waals surface area (Å²) in [5.74, 6) is 0.770. The highest BCUT2D eigenvalue weighted by Gasteiger charge is 2.31. The molecule has 7 heteroatoms. The second-order valence-corrected chi connectivity index (χ2v) is 8.10. The smallest absolute Gasteiger partial charge is 0.265 e. The van der Waals surface area contributed by atoms with Crippen molar-refractivity contribution in [1.82, 2.24) is 4.31 Å². The standard InChI is InChI=1S/C16H22N2O4S/c1-3-18-14-9-13(6-7-15(14)22-11-16(18)19)23(20,21)17-8-4-5-12(2)10-17/h6-7,9,12H,3-5,8,10-11H2,1-2H3/t12-/m1/s1. The molecule has 3 rings (SSSR count). The fourth-order valence-corrected chi connectivity index (χ4v) is 4.82. The van der Waals surface area contributed by atoms with Crippen LogP contribution < -0.4 is 9.64 Å². The van der Waals surface area contributed by atoms with Gasteiger partial charge in [0.25, 0.3) is 5.91 Å². The van der Waals surface area contributed by atoms with Crippen LogP contribution in [0, 0.1) is 5.92 Å². The molecule has 2 heterocycles. The minimum Gasteiger partial charge on any atom is -0.482 e. The number of carbonyl (C=O) groups is 1. The molecule has 6 nitrogen and oxygen atoms in total. The summed E-state index contributed by atoms with van der Waals surface area (Å²) in [5.41, 5.74) is 0.537. The van der Waals surface area contributed by atoms with Gasteiger partial charge in [-0.05, 0) is 43.9 Å². The van der Waals surface area contributed by atoms with Gasteiger partial charge in [0, 0.05) is 19.6 Å². The van der Waals surface area contributed by atoms with Crippen LogP contribution in [-0.2, 0) is 14.8 Å². The monoisotopic (exact) mass is 338 g/mol. The van der Waals surface area contributed by atoms with E-state index in [0.717, 1.165) is 12.8 Å². The van der Waals surface area contributed by atoms with E-state index in [9.17, 15) is 13.2 Å². The number of anilines is 1. The third kappa shape index (κ3) is 2.95. The summed E-state index contributed by atoms with van der Waals surface area (Å²) in [4.78, 5) is 13.7. The van der Waals surface area contributed by atoms with Gasteiger partial charge in [-0.15, -0.1) is 0 Å². The molecule has 23 heavy (non-hydrogen) atoms. The van der Waals surface area contributed by atoms with E-state index >= 15 is 0 Å². The highest BCUT2D eigenvalue weighted by molar-refractivity contribution is 7.89. The van der Waals surface area contributed by atoms with Crippen LogP contribution in [0.2, 0.25) is 0 Å². The molecular weight excluding hydrogens is 316 g/mol. The zero-order valence-electron chi connectivity index (χ0n) is 13.5. The van der Waals surface area contributed by atoms with Gasteiger partial charge in [-0.3, -0.25) is 4.79 Å². The maximum atomic E-state index is 12.9. The first kappa shape index (κ1) is 16.3. The van der Waals surface area contributed by atoms with E-state index in [1.807, 2.05) is 6.92 Å². The molecule has 0 aliphatic carbocycles. The third-order valence-corrected chi connectivity index (χ3v) is 6.31. The summed E-state index contributed by atoms with van der Waals surface area (Å²) >= 11 is 0. The predicted molar refractivity (Wildman–Crippen MR) is 87.1 cm³/mol. The molecule has 2 aliphatic rings. The molecule has 126 valence electrons. The minimum atomic E-state index is -3.54. The zero-order valence-corrected chi connectivity index (χ0v) is 14.3. The van der Waals surface area contributed by atoms with Crippen LogP contribution in [0.25, 0.3) is 0 Å². The number of carbonyl (C=O) groups excluding carboxylic acids is 1. The number of fused-ring (bicyclic) bond motifs is 1. The summed E-state index contributed by atoms with van der Waals surface area (Å²) < 4.78 is 32.7. The van der Waals surface area contributed by atoms with Gasteiger partial charge in [0.1, 0.15) is 5.75 Å². The Kier molecular flexibility index (Phi) is 4.33. The zero-order chi connectivity index (χ0) is 16.6. The van der Waals surface area contributed by atoms with Crippen molar-refractivity contribution in [2.75, 3.05) is 31.1 Å². The number of benzene rings is 1. The molecule has 2 aliphatic heterocycles. The Morgan fingerprint density at radius 3 is 2.83 bits per heavy atom. The first-order chi connectivity index (χ1) is 10.9. The second-order valence-electron chi connectivity index (χ2n) is 6.17. The molecule has 0 saturated carbocycles. The second kappa shape index (κ2) is 6.13. The Balaban J connectivity index is 1.97. The van der Waals surface area contributed by atoms with Gasteiger partial charge in [-0.1, -0.05) is 6.92 Å². The Morgan fingerprint density at radius 2 is 2.13 bits per heavy atom. The molecule has 1 amide bonds. The van der Waals surface area contributed by atoms with E-state index < -0.39 is 10.0 Å². The lowest BCUT2D eigenvalue weighted by Gasteiger charge is -2.31. The predicted octanol–water partition coefficient (Wildman–Crippen LogP) is 1.85. The van der Waals surface area contributed by atoms with Gasteiger partial charge < -0.3 is 9.64 Å². The van der Waals surface area contributed by atoms with Gasteiger partial charge in [0.2, 0.25) is 10.0 Å². The van der Waals surface area contributed by atoms with Crippen molar-refractivity contribution in [2.24, 2.45) is 5.92 Å². The quantitative estimate of drug-likeness (QED) is 0.844. The number of ether oxygens (including phenoxy) is 1. The van der Waals surface area contributed by atoms with Crippen molar-refractivity contribution >= 4 is 21.6 Å². The Bertz CT molecular complexity index is 717. The maximum Gasteiger partial charge on any atom is 0.265 e. The number of amides is 1. The number of likely N-dealkylation sites (N-methyl/N-ethyl adjacent to an activating group) is 1. The molecule has 0 N–H and O–H groups in total. The number of rotatable bonds is 3. The highest BCUT2D eigenvalue weighted by atomic mass is 32.2. The van der Waals surface area contributed by atoms with E-state index in [-0.39, 0.29) is 17.4 Å². The topological polar surface area (TPSA) is 66.9 Å². The molecular formula is C16H22N2O4S. The van der Waals surface area contributed by atoms with Crippen LogP contribution in [0.4, 0.5) is 5.69 Å². The maximum absolute atomic E-state index is 12.9. The number of nitrogens with zero attached hydrogens (tertiary/aromatic N) is 2. The first-order valence-electron chi connectivity index (χ1n) is 8.01. The molecule has 1 fully saturated rings. The van der Waals surface area contributed by atoms with Crippen LogP contribution in [0.3, 0.4) is 0 Å². The SMILES string of the molecule is CCN1C(=O)COc2ccc(S(=O)(=O)N3CCC[C@@H](C)C3)cc21. The van der Waals surface area contributed by atoms with Crippen LogP contribution in [0.15, 0.2) is 23.1 Å². The van der Waals surface area contributed by atoms with Gasteiger partial charge in [-0.2, -0.15) is 4.31 Å². The normalized spacial score (nSPS) is 22.6. The largest absolute Gasteiger partial charge is 0.482 e. The van der Waals surface area contributed by atoms with Gasteiger partial charge in [-0.25, -0.2) is 8.42 Å². The summed E-state index contributed by atoms with van der Waals surface area (Å²) in [7, 11) is -3.54. The van der Waals surface area contributed by atoms with Gasteiger partial charge in [0.15, 0.2) is 6.61 Å². The summed E-state index contributed by atoms with van der Waals surface area (Å²) in [5, 5.41) is 0. The number of sulfonamides is 1. The Labute approximate surface area is 137 Å². The molecule has 0 aromatic heterocycles. The average molecular weight is 338 g/mol. The number of hydrogen-bond acceptors (Lipinski definition) is 4. The lowest BCUT2D eigenvalue weighted by atomic mass is 10.0. The van der Waals surface area contributed by atoms with E-state index in [4.69, 9.17) is 4.74 Å². The van der Waals surface area contributed by atoms with E-state index in [0.29, 0.717) is 37.0 Å². The van der Waals surface area contributed by atoms with Crippen LogP contribution >= 0.6 is 0 Å². The fourth-order valence-electron chi connectivity index (χ4n) is 3.20. The van der Waals surface area contributed by atoms with E-state index in [2.05, 4.69) is 6.92 Å². The molecule has 0 radical (unpaired) electrons. The van der Waals surface area contributed by atoms with Crippen LogP contribution in [-0.4, -0.2) is 44.9 Å². The third-order valence-electron chi connectivity index (χ3n) is 4.45. The van der Waals surface area contributed by atoms with Crippen molar-refractivity contribution in [3.63, 3.8) is 0 Å². The first-order valence-corrected chi connectivity index (χ1v) is 9.45. The Morgan fingerprint density at radius 1 is 1.35 bits per heavy atom. The highest BCUT2D eigenvalue weighted by Crippen LogP contribution is 2.35. The van der Waals surface area contributed by atoms with Crippen LogP contribution in [0.1, 0.15) is 26.7 Å². The molecule has 1 saturated heterocycles. The summed E-state index contributed by atoms with van der Waals surface area (Å²) in [6, 6.07) is 4.77. The minimum absolute atomic E-state index is 0.00340. The molecule has 1 aromatic carbocycles. The van der Waals surface area contributed by atoms with Gasteiger partial charge in [0.05, 0.1) is 10.6 Å². The van der Waals surface area contributed by atoms with Crippen molar-refractivity contribution in [2.45, 2.75) is 31.6 Å². The van der Waals surface area contributed by atoms with E-state index in [1.165, 1.54) is 0 Å².